The van der Waals surface area contributed by atoms with E-state index in [0.717, 1.165) is 12.7 Å². The highest BCUT2D eigenvalue weighted by molar-refractivity contribution is 6.17. The third kappa shape index (κ3) is 16.5. The Morgan fingerprint density at radius 3 is 2.00 bits per heavy atom. The highest BCUT2D eigenvalue weighted by Gasteiger charge is 1.87. The Hall–Kier alpha value is -0.120. The lowest BCUT2D eigenvalue weighted by molar-refractivity contribution is -0.107. The molecule has 0 spiro atoms. The zero-order chi connectivity index (χ0) is 9.82. The normalized spacial score (nSPS) is 9.08. The van der Waals surface area contributed by atoms with Gasteiger partial charge in [-0.05, 0) is 13.3 Å². The Kier molecular flexibility index (Phi) is 16.2. The third-order valence-electron chi connectivity index (χ3n) is 1.12. The molecule has 0 aliphatic rings. The van der Waals surface area contributed by atoms with Crippen LogP contribution in [0, 0.1) is 0 Å². The highest BCUT2D eigenvalue weighted by Crippen LogP contribution is 1.85. The second kappa shape index (κ2) is 13.5. The van der Waals surface area contributed by atoms with Crippen molar-refractivity contribution < 1.29 is 14.3 Å². The molecule has 3 nitrogen and oxygen atoms in total. The Morgan fingerprint density at radius 2 is 1.92 bits per heavy atom. The van der Waals surface area contributed by atoms with E-state index < -0.39 is 0 Å². The van der Waals surface area contributed by atoms with Gasteiger partial charge in [-0.1, -0.05) is 0 Å². The number of aldehydes is 1. The van der Waals surface area contributed by atoms with Gasteiger partial charge in [0.05, 0.1) is 0 Å². The zero-order valence-electron chi connectivity index (χ0n) is 7.88. The van der Waals surface area contributed by atoms with Gasteiger partial charge in [0.2, 0.25) is 0 Å². The molecule has 12 heavy (non-hydrogen) atoms. The molecule has 0 aromatic carbocycles. The molecule has 0 saturated heterocycles. The van der Waals surface area contributed by atoms with Crippen molar-refractivity contribution in [2.24, 2.45) is 0 Å². The lowest BCUT2D eigenvalue weighted by Gasteiger charge is -2.03. The molecular formula is C8H17ClO3. The van der Waals surface area contributed by atoms with E-state index in [1.807, 2.05) is 6.92 Å². The maximum atomic E-state index is 9.51. The summed E-state index contributed by atoms with van der Waals surface area (Å²) in [4.78, 5) is 9.51. The standard InChI is InChI=1S/C4H7ClO.C4H10O2/c5-3-1-2-4-6;1-4(5-2)6-3/h4H,1-3H2;4H,1-3H3. The van der Waals surface area contributed by atoms with Gasteiger partial charge in [-0.2, -0.15) is 0 Å². The fourth-order valence-electron chi connectivity index (χ4n) is 0.257. The van der Waals surface area contributed by atoms with Crippen molar-refractivity contribution in [3.05, 3.63) is 0 Å². The largest absolute Gasteiger partial charge is 0.356 e. The first-order valence-corrected chi connectivity index (χ1v) is 4.31. The Morgan fingerprint density at radius 1 is 1.42 bits per heavy atom. The fourth-order valence-corrected chi connectivity index (χ4v) is 0.411. The van der Waals surface area contributed by atoms with Crippen LogP contribution in [-0.4, -0.2) is 32.7 Å². The summed E-state index contributed by atoms with van der Waals surface area (Å²) in [5, 5.41) is 0. The molecule has 0 saturated carbocycles. The average molecular weight is 197 g/mol. The van der Waals surface area contributed by atoms with Crippen molar-refractivity contribution >= 4 is 17.9 Å². The van der Waals surface area contributed by atoms with E-state index in [9.17, 15) is 4.79 Å². The van der Waals surface area contributed by atoms with Gasteiger partial charge in [0.25, 0.3) is 0 Å². The van der Waals surface area contributed by atoms with Crippen molar-refractivity contribution in [1.29, 1.82) is 0 Å². The second-order valence-electron chi connectivity index (χ2n) is 2.04. The Labute approximate surface area is 79.0 Å². The Balaban J connectivity index is 0. The van der Waals surface area contributed by atoms with E-state index in [1.165, 1.54) is 0 Å². The van der Waals surface area contributed by atoms with Gasteiger partial charge >= 0.3 is 0 Å². The SMILES string of the molecule is COC(C)OC.O=CCCCCl. The second-order valence-corrected chi connectivity index (χ2v) is 2.41. The molecule has 0 aromatic heterocycles. The van der Waals surface area contributed by atoms with Crippen molar-refractivity contribution in [1.82, 2.24) is 0 Å². The molecule has 0 N–H and O–H groups in total. The molecular weight excluding hydrogens is 180 g/mol. The van der Waals surface area contributed by atoms with E-state index in [-0.39, 0.29) is 6.29 Å². The molecule has 74 valence electrons. The molecule has 0 rings (SSSR count). The predicted molar refractivity (Wildman–Crippen MR) is 49.5 cm³/mol. The van der Waals surface area contributed by atoms with E-state index in [2.05, 4.69) is 9.47 Å². The lowest BCUT2D eigenvalue weighted by atomic mass is 10.4. The highest BCUT2D eigenvalue weighted by atomic mass is 35.5. The van der Waals surface area contributed by atoms with Crippen LogP contribution in [0.5, 0.6) is 0 Å². The molecule has 0 fully saturated rings. The predicted octanol–water partition coefficient (Wildman–Crippen LogP) is 1.83. The van der Waals surface area contributed by atoms with Crippen LogP contribution in [0.3, 0.4) is 0 Å². The summed E-state index contributed by atoms with van der Waals surface area (Å²) in [5.41, 5.74) is 0. The summed E-state index contributed by atoms with van der Waals surface area (Å²) >= 11 is 5.22. The molecule has 0 aromatic rings. The maximum Gasteiger partial charge on any atom is 0.154 e. The summed E-state index contributed by atoms with van der Waals surface area (Å²) in [6, 6.07) is 0. The summed E-state index contributed by atoms with van der Waals surface area (Å²) in [5.74, 6) is 0.596. The summed E-state index contributed by atoms with van der Waals surface area (Å²) in [6.45, 7) is 1.83. The number of hydrogen-bond acceptors (Lipinski definition) is 3. The molecule has 0 aliphatic heterocycles. The summed E-state index contributed by atoms with van der Waals surface area (Å²) < 4.78 is 9.35. The van der Waals surface area contributed by atoms with Crippen LogP contribution >= 0.6 is 11.6 Å². The maximum absolute atomic E-state index is 9.51. The van der Waals surface area contributed by atoms with Gasteiger partial charge in [0.15, 0.2) is 6.29 Å². The Bertz CT molecular complexity index is 84.4. The number of methoxy groups -OCH3 is 2. The van der Waals surface area contributed by atoms with Crippen molar-refractivity contribution in [3.63, 3.8) is 0 Å². The van der Waals surface area contributed by atoms with Crippen LogP contribution in [0.25, 0.3) is 0 Å². The molecule has 0 amide bonds. The van der Waals surface area contributed by atoms with Crippen LogP contribution in [0.15, 0.2) is 0 Å². The first-order valence-electron chi connectivity index (χ1n) is 3.78. The lowest BCUT2D eigenvalue weighted by Crippen LogP contribution is -2.05. The van der Waals surface area contributed by atoms with E-state index in [0.29, 0.717) is 12.3 Å². The molecule has 4 heteroatoms. The van der Waals surface area contributed by atoms with Crippen LogP contribution in [0.4, 0.5) is 0 Å². The van der Waals surface area contributed by atoms with Gasteiger partial charge in [-0.25, -0.2) is 0 Å². The van der Waals surface area contributed by atoms with Gasteiger partial charge in [0.1, 0.15) is 6.29 Å². The van der Waals surface area contributed by atoms with Crippen LogP contribution in [0.2, 0.25) is 0 Å². The van der Waals surface area contributed by atoms with Crippen molar-refractivity contribution in [2.45, 2.75) is 26.1 Å². The van der Waals surface area contributed by atoms with Crippen LogP contribution < -0.4 is 0 Å². The number of halogens is 1. The van der Waals surface area contributed by atoms with Gasteiger partial charge in [-0.3, -0.25) is 0 Å². The van der Waals surface area contributed by atoms with Gasteiger partial charge in [0, 0.05) is 26.5 Å². The third-order valence-corrected chi connectivity index (χ3v) is 1.39. The fraction of sp³-hybridized carbons (Fsp3) is 0.875. The van der Waals surface area contributed by atoms with E-state index in [4.69, 9.17) is 11.6 Å². The van der Waals surface area contributed by atoms with Gasteiger partial charge in [-0.15, -0.1) is 11.6 Å². The summed E-state index contributed by atoms with van der Waals surface area (Å²) in [7, 11) is 3.21. The van der Waals surface area contributed by atoms with E-state index in [1.54, 1.807) is 14.2 Å². The van der Waals surface area contributed by atoms with E-state index >= 15 is 0 Å². The minimum Gasteiger partial charge on any atom is -0.356 e. The number of carbonyl (C=O) groups is 1. The first-order chi connectivity index (χ1) is 5.72. The number of ether oxygens (including phenoxy) is 2. The van der Waals surface area contributed by atoms with Crippen LogP contribution in [-0.2, 0) is 14.3 Å². The summed E-state index contributed by atoms with van der Waals surface area (Å²) in [6.07, 6.45) is 2.22. The molecule has 0 unspecified atom stereocenters. The molecule has 0 bridgehead atoms. The first kappa shape index (κ1) is 14.4. The average Bonchev–Trinajstić information content (AvgIpc) is 2.14. The molecule has 0 radical (unpaired) electrons. The number of unbranched alkanes of at least 4 members (excludes halogenated alkanes) is 1. The quantitative estimate of drug-likeness (QED) is 0.291. The number of alkyl halides is 1. The van der Waals surface area contributed by atoms with Gasteiger partial charge < -0.3 is 14.3 Å². The van der Waals surface area contributed by atoms with Crippen LogP contribution in [0.1, 0.15) is 19.8 Å². The van der Waals surface area contributed by atoms with Crippen molar-refractivity contribution in [2.75, 3.05) is 20.1 Å². The zero-order valence-corrected chi connectivity index (χ0v) is 8.63. The number of hydrogen-bond donors (Lipinski definition) is 0. The minimum absolute atomic E-state index is 0.0648. The smallest absolute Gasteiger partial charge is 0.154 e. The molecule has 0 atom stereocenters. The number of rotatable bonds is 5. The minimum atomic E-state index is -0.0648. The number of carbonyl (C=O) groups excluding carboxylic acids is 1. The van der Waals surface area contributed by atoms with Crippen molar-refractivity contribution in [3.8, 4) is 0 Å². The molecule has 0 heterocycles. The monoisotopic (exact) mass is 196 g/mol. The molecule has 0 aliphatic carbocycles. The topological polar surface area (TPSA) is 35.5 Å².